The standard InChI is InChI=1S/C23H24Cl2FNO2/c24-18-7-15(8-19(25)10-18)13-27-5-1-2-14(12-27)6-17-9-22(26)21(23(28)29)11-20(17)16-3-4-16/h7-11,14,16H,1-6,12-13H2,(H,28,29)/t14-/m1/s1. The van der Waals surface area contributed by atoms with Gasteiger partial charge in [0.15, 0.2) is 0 Å². The summed E-state index contributed by atoms with van der Waals surface area (Å²) in [4.78, 5) is 13.7. The number of rotatable bonds is 6. The number of carboxylic acid groups (broad SMARTS) is 1. The summed E-state index contributed by atoms with van der Waals surface area (Å²) in [7, 11) is 0. The number of hydrogen-bond acceptors (Lipinski definition) is 2. The van der Waals surface area contributed by atoms with Crippen molar-refractivity contribution in [2.24, 2.45) is 5.92 Å². The van der Waals surface area contributed by atoms with Crippen LogP contribution in [0.4, 0.5) is 4.39 Å². The first-order valence-corrected chi connectivity index (χ1v) is 10.9. The molecule has 1 N–H and O–H groups in total. The summed E-state index contributed by atoms with van der Waals surface area (Å²) in [6, 6.07) is 8.66. The first kappa shape index (κ1) is 20.6. The van der Waals surface area contributed by atoms with Gasteiger partial charge in [-0.25, -0.2) is 9.18 Å². The van der Waals surface area contributed by atoms with Crippen LogP contribution in [0.15, 0.2) is 30.3 Å². The fourth-order valence-electron chi connectivity index (χ4n) is 4.48. The van der Waals surface area contributed by atoms with Crippen LogP contribution in [0, 0.1) is 11.7 Å². The molecule has 29 heavy (non-hydrogen) atoms. The lowest BCUT2D eigenvalue weighted by Gasteiger charge is -2.33. The maximum absolute atomic E-state index is 14.3. The predicted molar refractivity (Wildman–Crippen MR) is 114 cm³/mol. The highest BCUT2D eigenvalue weighted by atomic mass is 35.5. The summed E-state index contributed by atoms with van der Waals surface area (Å²) in [5.74, 6) is -1.01. The summed E-state index contributed by atoms with van der Waals surface area (Å²) in [6.45, 7) is 2.73. The van der Waals surface area contributed by atoms with Crippen molar-refractivity contribution in [1.29, 1.82) is 0 Å². The molecule has 2 fully saturated rings. The van der Waals surface area contributed by atoms with Crippen LogP contribution in [0.2, 0.25) is 10.0 Å². The summed E-state index contributed by atoms with van der Waals surface area (Å²) in [5, 5.41) is 10.5. The minimum absolute atomic E-state index is 0.209. The molecule has 1 saturated carbocycles. The molecule has 0 aromatic heterocycles. The fraction of sp³-hybridized carbons (Fsp3) is 0.435. The highest BCUT2D eigenvalue weighted by molar-refractivity contribution is 6.34. The molecule has 0 amide bonds. The van der Waals surface area contributed by atoms with Gasteiger partial charge in [-0.2, -0.15) is 0 Å². The van der Waals surface area contributed by atoms with Crippen molar-refractivity contribution >= 4 is 29.2 Å². The van der Waals surface area contributed by atoms with Crippen LogP contribution in [0.25, 0.3) is 0 Å². The van der Waals surface area contributed by atoms with Crippen LogP contribution in [0.1, 0.15) is 58.6 Å². The van der Waals surface area contributed by atoms with Gasteiger partial charge in [-0.15, -0.1) is 0 Å². The molecule has 3 nitrogen and oxygen atoms in total. The molecule has 2 aromatic rings. The first-order valence-electron chi connectivity index (χ1n) is 10.1. The lowest BCUT2D eigenvalue weighted by molar-refractivity contribution is 0.0691. The molecule has 1 atom stereocenters. The highest BCUT2D eigenvalue weighted by Crippen LogP contribution is 2.43. The number of nitrogens with zero attached hydrogens (tertiary/aromatic N) is 1. The van der Waals surface area contributed by atoms with E-state index in [9.17, 15) is 14.3 Å². The van der Waals surface area contributed by atoms with Gasteiger partial charge in [-0.3, -0.25) is 4.90 Å². The number of benzene rings is 2. The van der Waals surface area contributed by atoms with Crippen molar-refractivity contribution in [2.75, 3.05) is 13.1 Å². The lowest BCUT2D eigenvalue weighted by Crippen LogP contribution is -2.35. The van der Waals surface area contributed by atoms with Crippen LogP contribution in [0.5, 0.6) is 0 Å². The van der Waals surface area contributed by atoms with Gasteiger partial charge in [0.05, 0.1) is 5.56 Å². The molecular weight excluding hydrogens is 412 g/mol. The lowest BCUT2D eigenvalue weighted by atomic mass is 9.87. The maximum Gasteiger partial charge on any atom is 0.338 e. The summed E-state index contributed by atoms with van der Waals surface area (Å²) in [5.41, 5.74) is 2.90. The Morgan fingerprint density at radius 2 is 1.83 bits per heavy atom. The quantitative estimate of drug-likeness (QED) is 0.590. The Balaban J connectivity index is 1.48. The summed E-state index contributed by atoms with van der Waals surface area (Å²) >= 11 is 12.3. The smallest absolute Gasteiger partial charge is 0.338 e. The summed E-state index contributed by atoms with van der Waals surface area (Å²) < 4.78 is 14.3. The average Bonchev–Trinajstić information content (AvgIpc) is 3.46. The number of likely N-dealkylation sites (tertiary alicyclic amines) is 1. The fourth-order valence-corrected chi connectivity index (χ4v) is 5.05. The number of carbonyl (C=O) groups is 1. The first-order chi connectivity index (χ1) is 13.9. The maximum atomic E-state index is 14.3. The minimum atomic E-state index is -1.19. The molecular formula is C23H24Cl2FNO2. The van der Waals surface area contributed by atoms with E-state index in [4.69, 9.17) is 23.2 Å². The molecule has 1 saturated heterocycles. The van der Waals surface area contributed by atoms with Gasteiger partial charge in [0.1, 0.15) is 5.82 Å². The van der Waals surface area contributed by atoms with E-state index in [2.05, 4.69) is 4.90 Å². The van der Waals surface area contributed by atoms with Crippen molar-refractivity contribution in [3.63, 3.8) is 0 Å². The number of hydrogen-bond donors (Lipinski definition) is 1. The SMILES string of the molecule is O=C(O)c1cc(C2CC2)c(C[C@H]2CCCN(Cc3cc(Cl)cc(Cl)c3)C2)cc1F. The zero-order valence-corrected chi connectivity index (χ0v) is 17.6. The van der Waals surface area contributed by atoms with Crippen LogP contribution in [-0.2, 0) is 13.0 Å². The van der Waals surface area contributed by atoms with Gasteiger partial charge in [0, 0.05) is 23.1 Å². The van der Waals surface area contributed by atoms with Gasteiger partial charge in [0.2, 0.25) is 0 Å². The van der Waals surface area contributed by atoms with Gasteiger partial charge in [-0.1, -0.05) is 23.2 Å². The van der Waals surface area contributed by atoms with Crippen molar-refractivity contribution < 1.29 is 14.3 Å². The Morgan fingerprint density at radius 3 is 2.48 bits per heavy atom. The average molecular weight is 436 g/mol. The molecule has 154 valence electrons. The van der Waals surface area contributed by atoms with Crippen molar-refractivity contribution in [3.05, 3.63) is 68.4 Å². The summed E-state index contributed by atoms with van der Waals surface area (Å²) in [6.07, 6.45) is 5.09. The van der Waals surface area contributed by atoms with E-state index >= 15 is 0 Å². The van der Waals surface area contributed by atoms with E-state index in [1.165, 1.54) is 6.07 Å². The number of carboxylic acids is 1. The Hall–Kier alpha value is -1.62. The van der Waals surface area contributed by atoms with E-state index in [0.717, 1.165) is 68.4 Å². The number of aromatic carboxylic acids is 1. The van der Waals surface area contributed by atoms with Crippen LogP contribution in [0.3, 0.4) is 0 Å². The largest absolute Gasteiger partial charge is 0.478 e. The van der Waals surface area contributed by atoms with Gasteiger partial charge in [-0.05, 0) is 97.5 Å². The van der Waals surface area contributed by atoms with Gasteiger partial charge < -0.3 is 5.11 Å². The Bertz CT molecular complexity index is 909. The predicted octanol–water partition coefficient (Wildman–Crippen LogP) is 6.16. The van der Waals surface area contributed by atoms with Crippen LogP contribution < -0.4 is 0 Å². The molecule has 6 heteroatoms. The number of piperidine rings is 1. The second kappa shape index (κ2) is 8.63. The van der Waals surface area contributed by atoms with Crippen molar-refractivity contribution in [2.45, 2.75) is 44.6 Å². The van der Waals surface area contributed by atoms with E-state index in [-0.39, 0.29) is 5.56 Å². The van der Waals surface area contributed by atoms with Crippen LogP contribution >= 0.6 is 23.2 Å². The normalized spacial score (nSPS) is 20.0. The number of halogens is 3. The van der Waals surface area contributed by atoms with E-state index in [0.29, 0.717) is 21.9 Å². The zero-order chi connectivity index (χ0) is 20.5. The Kier molecular flexibility index (Phi) is 6.14. The molecule has 1 aliphatic heterocycles. The molecule has 0 radical (unpaired) electrons. The Morgan fingerprint density at radius 1 is 1.10 bits per heavy atom. The Labute approximate surface area is 180 Å². The highest BCUT2D eigenvalue weighted by Gasteiger charge is 2.30. The molecule has 2 aromatic carbocycles. The van der Waals surface area contributed by atoms with E-state index in [1.54, 1.807) is 12.1 Å². The molecule has 0 spiro atoms. The molecule has 0 unspecified atom stereocenters. The van der Waals surface area contributed by atoms with Gasteiger partial charge in [0.25, 0.3) is 0 Å². The monoisotopic (exact) mass is 435 g/mol. The second-order valence-electron chi connectivity index (χ2n) is 8.34. The van der Waals surface area contributed by atoms with Gasteiger partial charge >= 0.3 is 5.97 Å². The third kappa shape index (κ3) is 5.11. The third-order valence-corrected chi connectivity index (χ3v) is 6.35. The third-order valence-electron chi connectivity index (χ3n) is 5.92. The van der Waals surface area contributed by atoms with E-state index < -0.39 is 11.8 Å². The molecule has 1 heterocycles. The molecule has 0 bridgehead atoms. The van der Waals surface area contributed by atoms with E-state index in [1.807, 2.05) is 12.1 Å². The van der Waals surface area contributed by atoms with Crippen LogP contribution in [-0.4, -0.2) is 29.1 Å². The topological polar surface area (TPSA) is 40.5 Å². The second-order valence-corrected chi connectivity index (χ2v) is 9.21. The molecule has 4 rings (SSSR count). The molecule has 2 aliphatic rings. The molecule has 1 aliphatic carbocycles. The minimum Gasteiger partial charge on any atom is -0.478 e. The van der Waals surface area contributed by atoms with Crippen molar-refractivity contribution in [1.82, 2.24) is 4.90 Å². The van der Waals surface area contributed by atoms with Crippen molar-refractivity contribution in [3.8, 4) is 0 Å². The zero-order valence-electron chi connectivity index (χ0n) is 16.1.